The summed E-state index contributed by atoms with van der Waals surface area (Å²) >= 11 is 0. The summed E-state index contributed by atoms with van der Waals surface area (Å²) in [6, 6.07) is 52.7. The molecule has 0 aromatic heterocycles. The maximum Gasteiger partial charge on any atom is -0.00928 e. The summed E-state index contributed by atoms with van der Waals surface area (Å²) in [7, 11) is 0. The van der Waals surface area contributed by atoms with Crippen molar-refractivity contribution in [3.63, 3.8) is 0 Å². The minimum Gasteiger partial charge on any atom is -0.0622 e. The molecule has 0 heterocycles. The van der Waals surface area contributed by atoms with Crippen molar-refractivity contribution in [3.05, 3.63) is 146 Å². The van der Waals surface area contributed by atoms with Gasteiger partial charge in [0.15, 0.2) is 0 Å². The summed E-state index contributed by atoms with van der Waals surface area (Å²) in [6.45, 7) is 0. The first kappa shape index (κ1) is 20.7. The Kier molecular flexibility index (Phi) is 4.89. The molecule has 0 bridgehead atoms. The number of fused-ring (bicyclic) bond motifs is 6. The largest absolute Gasteiger partial charge is 0.0622 e. The van der Waals surface area contributed by atoms with Crippen LogP contribution in [0.2, 0.25) is 0 Å². The molecule has 0 amide bonds. The molecule has 7 aromatic rings. The summed E-state index contributed by atoms with van der Waals surface area (Å²) in [5.41, 5.74) is 7.46. The fourth-order valence-electron chi connectivity index (χ4n) is 5.46. The van der Waals surface area contributed by atoms with Gasteiger partial charge in [-0.25, -0.2) is 0 Å². The van der Waals surface area contributed by atoms with Crippen LogP contribution in [-0.2, 0) is 0 Å². The quantitative estimate of drug-likeness (QED) is 0.232. The smallest absolute Gasteiger partial charge is 0.00928 e. The molecule has 0 N–H and O–H groups in total. The second-order valence-corrected chi connectivity index (χ2v) is 9.38. The first-order valence-corrected chi connectivity index (χ1v) is 12.4. The van der Waals surface area contributed by atoms with Crippen LogP contribution in [0.1, 0.15) is 0 Å². The van der Waals surface area contributed by atoms with Crippen molar-refractivity contribution in [1.29, 1.82) is 0 Å². The predicted octanol–water partition coefficient (Wildman–Crippen LogP) is 10.1. The van der Waals surface area contributed by atoms with E-state index in [2.05, 4.69) is 146 Å². The van der Waals surface area contributed by atoms with Gasteiger partial charge in [0.2, 0.25) is 0 Å². The highest BCUT2D eigenvalue weighted by molar-refractivity contribution is 6.26. The van der Waals surface area contributed by atoms with E-state index in [0.717, 1.165) is 0 Å². The SMILES string of the molecule is c1ccc(-c2cccc(-c3ccc4c5ccc(-c6ccccc6)cc5c5ccccc5c4c3)c2)cc1. The van der Waals surface area contributed by atoms with Crippen LogP contribution in [0.3, 0.4) is 0 Å². The molecule has 0 atom stereocenters. The molecule has 0 fully saturated rings. The van der Waals surface area contributed by atoms with Crippen LogP contribution >= 0.6 is 0 Å². The highest BCUT2D eigenvalue weighted by atomic mass is 14.1. The minimum atomic E-state index is 1.24. The summed E-state index contributed by atoms with van der Waals surface area (Å²) in [4.78, 5) is 0. The highest BCUT2D eigenvalue weighted by Crippen LogP contribution is 2.39. The fourth-order valence-corrected chi connectivity index (χ4v) is 5.46. The Morgan fingerprint density at radius 3 is 1.08 bits per heavy atom. The maximum absolute atomic E-state index is 2.37. The molecule has 0 nitrogen and oxygen atoms in total. The topological polar surface area (TPSA) is 0 Å². The van der Waals surface area contributed by atoms with Crippen LogP contribution in [0.4, 0.5) is 0 Å². The van der Waals surface area contributed by atoms with Gasteiger partial charge < -0.3 is 0 Å². The molecule has 0 aliphatic rings. The van der Waals surface area contributed by atoms with Crippen LogP contribution in [0.15, 0.2) is 146 Å². The standard InChI is InChI=1S/C36H24/c1-3-10-25(11-4-1)27-14-9-15-28(22-27)30-19-21-34-33-20-18-29(26-12-5-2-6-13-26)23-35(33)31-16-7-8-17-32(31)36(34)24-30/h1-24H. The first-order valence-electron chi connectivity index (χ1n) is 12.4. The van der Waals surface area contributed by atoms with Gasteiger partial charge in [0.25, 0.3) is 0 Å². The second kappa shape index (κ2) is 8.52. The van der Waals surface area contributed by atoms with Crippen LogP contribution in [0.25, 0.3) is 65.7 Å². The van der Waals surface area contributed by atoms with E-state index < -0.39 is 0 Å². The van der Waals surface area contributed by atoms with Gasteiger partial charge in [-0.3, -0.25) is 0 Å². The van der Waals surface area contributed by atoms with Crippen molar-refractivity contribution in [3.8, 4) is 33.4 Å². The van der Waals surface area contributed by atoms with Gasteiger partial charge in [-0.15, -0.1) is 0 Å². The van der Waals surface area contributed by atoms with Crippen molar-refractivity contribution in [2.75, 3.05) is 0 Å². The Bertz CT molecular complexity index is 1840. The first-order chi connectivity index (χ1) is 17.8. The summed E-state index contributed by atoms with van der Waals surface area (Å²) in [5, 5.41) is 7.80. The van der Waals surface area contributed by atoms with E-state index in [9.17, 15) is 0 Å². The number of hydrogen-bond donors (Lipinski definition) is 0. The second-order valence-electron chi connectivity index (χ2n) is 9.38. The van der Waals surface area contributed by atoms with Crippen molar-refractivity contribution >= 4 is 32.3 Å². The van der Waals surface area contributed by atoms with E-state index in [0.29, 0.717) is 0 Å². The summed E-state index contributed by atoms with van der Waals surface area (Å²) in [6.07, 6.45) is 0. The molecular formula is C36H24. The average Bonchev–Trinajstić information content (AvgIpc) is 2.98. The Morgan fingerprint density at radius 1 is 0.194 bits per heavy atom. The van der Waals surface area contributed by atoms with Crippen LogP contribution in [-0.4, -0.2) is 0 Å². The van der Waals surface area contributed by atoms with Gasteiger partial charge in [-0.1, -0.05) is 127 Å². The predicted molar refractivity (Wildman–Crippen MR) is 155 cm³/mol. The van der Waals surface area contributed by atoms with Crippen molar-refractivity contribution in [2.24, 2.45) is 0 Å². The van der Waals surface area contributed by atoms with Gasteiger partial charge in [-0.2, -0.15) is 0 Å². The van der Waals surface area contributed by atoms with Crippen molar-refractivity contribution < 1.29 is 0 Å². The molecule has 0 radical (unpaired) electrons. The normalized spacial score (nSPS) is 11.3. The lowest BCUT2D eigenvalue weighted by Crippen LogP contribution is -1.87. The zero-order valence-electron chi connectivity index (χ0n) is 19.9. The molecule has 0 aliphatic heterocycles. The van der Waals surface area contributed by atoms with E-state index in [1.165, 1.54) is 65.7 Å². The highest BCUT2D eigenvalue weighted by Gasteiger charge is 2.11. The molecule has 7 aromatic carbocycles. The minimum absolute atomic E-state index is 1.24. The molecule has 168 valence electrons. The van der Waals surface area contributed by atoms with Crippen LogP contribution in [0.5, 0.6) is 0 Å². The summed E-state index contributed by atoms with van der Waals surface area (Å²) in [5.74, 6) is 0. The fraction of sp³-hybridized carbons (Fsp3) is 0. The molecule has 0 aliphatic carbocycles. The van der Waals surface area contributed by atoms with Crippen LogP contribution in [0, 0.1) is 0 Å². The Labute approximate surface area is 211 Å². The lowest BCUT2D eigenvalue weighted by Gasteiger charge is -2.14. The lowest BCUT2D eigenvalue weighted by molar-refractivity contribution is 1.60. The van der Waals surface area contributed by atoms with Crippen LogP contribution < -0.4 is 0 Å². The molecule has 0 spiro atoms. The van der Waals surface area contributed by atoms with E-state index in [1.807, 2.05) is 0 Å². The summed E-state index contributed by atoms with van der Waals surface area (Å²) < 4.78 is 0. The lowest BCUT2D eigenvalue weighted by atomic mass is 9.90. The van der Waals surface area contributed by atoms with Gasteiger partial charge in [0.1, 0.15) is 0 Å². The average molecular weight is 457 g/mol. The molecular weight excluding hydrogens is 432 g/mol. The molecule has 0 saturated heterocycles. The van der Waals surface area contributed by atoms with E-state index in [1.54, 1.807) is 0 Å². The van der Waals surface area contributed by atoms with E-state index in [-0.39, 0.29) is 0 Å². The molecule has 36 heavy (non-hydrogen) atoms. The number of benzene rings is 7. The molecule has 0 heteroatoms. The maximum atomic E-state index is 2.37. The Balaban J connectivity index is 1.45. The Morgan fingerprint density at radius 2 is 0.556 bits per heavy atom. The molecule has 7 rings (SSSR count). The van der Waals surface area contributed by atoms with E-state index in [4.69, 9.17) is 0 Å². The van der Waals surface area contributed by atoms with E-state index >= 15 is 0 Å². The zero-order chi connectivity index (χ0) is 23.9. The molecule has 0 saturated carbocycles. The zero-order valence-corrected chi connectivity index (χ0v) is 19.9. The van der Waals surface area contributed by atoms with Gasteiger partial charge >= 0.3 is 0 Å². The number of rotatable bonds is 3. The monoisotopic (exact) mass is 456 g/mol. The Hall–Kier alpha value is -4.68. The van der Waals surface area contributed by atoms with Gasteiger partial charge in [0, 0.05) is 0 Å². The molecule has 0 unspecified atom stereocenters. The van der Waals surface area contributed by atoms with Gasteiger partial charge in [0.05, 0.1) is 0 Å². The van der Waals surface area contributed by atoms with Gasteiger partial charge in [-0.05, 0) is 83.9 Å². The number of hydrogen-bond acceptors (Lipinski definition) is 0. The third-order valence-electron chi connectivity index (χ3n) is 7.25. The third kappa shape index (κ3) is 3.47. The van der Waals surface area contributed by atoms with Crippen molar-refractivity contribution in [2.45, 2.75) is 0 Å². The third-order valence-corrected chi connectivity index (χ3v) is 7.25. The van der Waals surface area contributed by atoms with Crippen molar-refractivity contribution in [1.82, 2.24) is 0 Å².